The molecule has 4 aliphatic carbocycles. The van der Waals surface area contributed by atoms with Gasteiger partial charge in [-0.25, -0.2) is 8.37 Å². The van der Waals surface area contributed by atoms with Gasteiger partial charge in [-0.2, -0.15) is 16.8 Å². The van der Waals surface area contributed by atoms with E-state index in [1.54, 1.807) is 0 Å². The molecule has 5 saturated heterocycles. The van der Waals surface area contributed by atoms with E-state index in [1.165, 1.54) is 19.6 Å². The van der Waals surface area contributed by atoms with E-state index in [0.717, 1.165) is 6.42 Å². The van der Waals surface area contributed by atoms with Gasteiger partial charge in [0.15, 0.2) is 36.5 Å². The Morgan fingerprint density at radius 3 is 1.98 bits per heavy atom. The average Bonchev–Trinajstić information content (AvgIpc) is 2.39. The Labute approximate surface area is 477 Å². The van der Waals surface area contributed by atoms with E-state index in [-0.39, 0.29) is 34.9 Å². The van der Waals surface area contributed by atoms with Crippen LogP contribution in [0.5, 0.6) is 0 Å². The van der Waals surface area contributed by atoms with Crippen LogP contribution in [0.25, 0.3) is 0 Å². The maximum Gasteiger partial charge on any atom is 0.397 e. The first-order valence-corrected chi connectivity index (χ1v) is 31.1. The predicted molar refractivity (Wildman–Crippen MR) is 276 cm³/mol. The summed E-state index contributed by atoms with van der Waals surface area (Å²) in [5, 5.41) is 77.3. The highest BCUT2D eigenvalue weighted by Gasteiger charge is 2.77. The molecule has 0 bridgehead atoms. The topological polar surface area (TPSA) is 395 Å². The van der Waals surface area contributed by atoms with Crippen molar-refractivity contribution >= 4 is 32.6 Å². The van der Waals surface area contributed by atoms with E-state index in [4.69, 9.17) is 55.7 Å². The molecule has 9 N–H and O–H groups in total. The second-order valence-electron chi connectivity index (χ2n) is 25.7. The van der Waals surface area contributed by atoms with Gasteiger partial charge in [-0.05, 0) is 93.8 Å². The maximum absolute atomic E-state index is 14.4. The number of Topliss-reactive ketones (excluding diaryl/α,β-unsaturated/α-hetero) is 1. The normalized spacial score (nSPS) is 48.6. The lowest BCUT2D eigenvalue weighted by atomic mass is 9.40. The summed E-state index contributed by atoms with van der Waals surface area (Å²) in [5.74, 6) is -0.235. The van der Waals surface area contributed by atoms with Gasteiger partial charge in [-0.15, -0.1) is 0 Å². The summed E-state index contributed by atoms with van der Waals surface area (Å²) in [7, 11) is -9.56. The smallest absolute Gasteiger partial charge is 0.397 e. The molecule has 3 saturated carbocycles. The molecule has 9 rings (SSSR count). The van der Waals surface area contributed by atoms with E-state index >= 15 is 0 Å². The Morgan fingerprint density at radius 2 is 1.33 bits per heavy atom. The molecule has 0 aromatic carbocycles. The average molecular weight is 1220 g/mol. The predicted octanol–water partition coefficient (Wildman–Crippen LogP) is 0.164. The standard InChI is InChI=1S/C53H84O27S2/c1-23(2)10-13-32(56)52(8)31-15-18-51(7)26-11-12-30-49(4,5)33(16-17-50(30,6)25(26)14-19-53(31,51)48(62)78-52)74-47-43(35(58)29(22-71-47)79-81(63,64)65)77-45-38(61)42(80-82(66,67)68)39(24(3)72-45)75-44-36(59)40(27(55)21-70-44)76-46-37(60)41(69-9)34(57)28(20-54)73-46/h11,23-25,27-31,33-47,54-55,57-61H,10,12-22H2,1-9H3,(H,63,64,65)(H,66,67,68)/t24-,25-,27-,28-,29-,30+,31-,33+,34-,35+,36-,37-,38-,39-,40+,41+,42-,43-,44+,45+,46+,47+,50-,51+,52-,53-/m1/s1. The Morgan fingerprint density at radius 1 is 0.707 bits per heavy atom. The Bertz CT molecular complexity index is 2590. The fraction of sp³-hybridized carbons (Fsp3) is 0.925. The minimum Gasteiger partial charge on any atom is -0.451 e. The molecule has 0 unspecified atom stereocenters. The minimum absolute atomic E-state index is 0.0299. The quantitative estimate of drug-likeness (QED) is 0.0501. The minimum atomic E-state index is -5.49. The van der Waals surface area contributed by atoms with Crippen molar-refractivity contribution in [2.75, 3.05) is 26.9 Å². The van der Waals surface area contributed by atoms with E-state index in [1.807, 2.05) is 6.92 Å². The molecule has 29 heteroatoms. The first-order valence-electron chi connectivity index (χ1n) is 28.3. The summed E-state index contributed by atoms with van der Waals surface area (Å²) in [6, 6.07) is 0. The fourth-order valence-corrected chi connectivity index (χ4v) is 17.0. The zero-order valence-electron chi connectivity index (χ0n) is 47.5. The number of methoxy groups -OCH3 is 1. The molecule has 82 heavy (non-hydrogen) atoms. The molecular formula is C53H84O27S2. The zero-order chi connectivity index (χ0) is 60.2. The highest BCUT2D eigenvalue weighted by atomic mass is 32.3. The van der Waals surface area contributed by atoms with Crippen LogP contribution in [0.15, 0.2) is 11.6 Å². The summed E-state index contributed by atoms with van der Waals surface area (Å²) in [6.07, 6.45) is -25.0. The third kappa shape index (κ3) is 11.3. The number of carbonyl (C=O) groups excluding carboxylic acids is 2. The van der Waals surface area contributed by atoms with Gasteiger partial charge in [0.2, 0.25) is 0 Å². The number of fused-ring (bicyclic) bond motifs is 4. The molecule has 8 fully saturated rings. The third-order valence-electron chi connectivity index (χ3n) is 20.4. The van der Waals surface area contributed by atoms with E-state index in [2.05, 4.69) is 47.6 Å². The van der Waals surface area contributed by atoms with Crippen LogP contribution in [0.1, 0.15) is 113 Å². The van der Waals surface area contributed by atoms with Crippen molar-refractivity contribution in [3.63, 3.8) is 0 Å². The number of carbonyl (C=O) groups is 2. The van der Waals surface area contributed by atoms with Crippen LogP contribution in [0.3, 0.4) is 0 Å². The summed E-state index contributed by atoms with van der Waals surface area (Å²) in [5.41, 5.74) is -2.36. The maximum atomic E-state index is 14.4. The van der Waals surface area contributed by atoms with Gasteiger partial charge in [0.25, 0.3) is 0 Å². The Balaban J connectivity index is 0.929. The van der Waals surface area contributed by atoms with Crippen molar-refractivity contribution in [1.82, 2.24) is 0 Å². The van der Waals surface area contributed by atoms with Crippen molar-refractivity contribution in [3.05, 3.63) is 11.6 Å². The highest BCUT2D eigenvalue weighted by Crippen LogP contribution is 2.76. The first-order chi connectivity index (χ1) is 38.2. The van der Waals surface area contributed by atoms with Crippen LogP contribution in [-0.2, 0) is 86.1 Å². The summed E-state index contributed by atoms with van der Waals surface area (Å²) in [4.78, 5) is 28.3. The number of aliphatic hydroxyl groups is 7. The van der Waals surface area contributed by atoms with E-state index in [9.17, 15) is 71.3 Å². The monoisotopic (exact) mass is 1220 g/mol. The molecular weight excluding hydrogens is 1130 g/mol. The highest BCUT2D eigenvalue weighted by molar-refractivity contribution is 7.81. The van der Waals surface area contributed by atoms with Gasteiger partial charge in [0.05, 0.1) is 37.4 Å². The zero-order valence-corrected chi connectivity index (χ0v) is 49.2. The molecule has 5 aliphatic heterocycles. The third-order valence-corrected chi connectivity index (χ3v) is 21.3. The van der Waals surface area contributed by atoms with Crippen molar-refractivity contribution in [3.8, 4) is 0 Å². The van der Waals surface area contributed by atoms with Gasteiger partial charge in [-0.1, -0.05) is 53.2 Å². The second-order valence-corrected chi connectivity index (χ2v) is 27.8. The van der Waals surface area contributed by atoms with Gasteiger partial charge >= 0.3 is 26.8 Å². The van der Waals surface area contributed by atoms with Gasteiger partial charge in [-0.3, -0.25) is 18.7 Å². The van der Waals surface area contributed by atoms with Crippen molar-refractivity contribution < 1.29 is 127 Å². The Kier molecular flexibility index (Phi) is 18.5. The van der Waals surface area contributed by atoms with Crippen LogP contribution in [0.4, 0.5) is 0 Å². The van der Waals surface area contributed by atoms with Crippen LogP contribution in [0, 0.1) is 45.3 Å². The SMILES string of the molecule is CO[C@@H]1[C@@H](O)[C@H](O[C@@H]2[C@@H](O)[C@H](O[C@H]3[C@H](OS(=O)(=O)O)[C@@H](O)[C@H](O[C@H]4[C@H](O[C@H]5CC[C@]6(C)[C@@H]7CC[C@]89C(=O)O[C@@](C)(C(=O)CCC(C)C)[C@H]8CC[C@@]9(C)C7=CC[C@H]6C5(C)C)OC[C@@H](OS(=O)(=O)O)[C@@H]4O)O[C@@H]3C)OC[C@H]2O)O[C@H](CO)[C@H]1O. The number of hydrogen-bond acceptors (Lipinski definition) is 25. The second kappa shape index (κ2) is 23.5. The van der Waals surface area contributed by atoms with E-state index in [0.29, 0.717) is 57.3 Å². The lowest BCUT2D eigenvalue weighted by molar-refractivity contribution is -0.380. The van der Waals surface area contributed by atoms with Crippen molar-refractivity contribution in [2.45, 2.75) is 235 Å². The summed E-state index contributed by atoms with van der Waals surface area (Å²) >= 11 is 0. The van der Waals surface area contributed by atoms with Crippen LogP contribution in [0.2, 0.25) is 0 Å². The van der Waals surface area contributed by atoms with Crippen LogP contribution >= 0.6 is 0 Å². The lowest BCUT2D eigenvalue weighted by Crippen LogP contribution is -2.66. The summed E-state index contributed by atoms with van der Waals surface area (Å²) < 4.78 is 138. The number of cyclic esters (lactones) is 1. The number of allylic oxidation sites excluding steroid dienone is 2. The molecule has 5 heterocycles. The largest absolute Gasteiger partial charge is 0.451 e. The van der Waals surface area contributed by atoms with Gasteiger partial charge in [0, 0.05) is 24.9 Å². The number of ether oxygens (including phenoxy) is 10. The molecule has 9 aliphatic rings. The molecule has 1 spiro atoms. The lowest BCUT2D eigenvalue weighted by Gasteiger charge is -2.64. The van der Waals surface area contributed by atoms with E-state index < -0.39 is 179 Å². The molecule has 0 amide bonds. The molecule has 27 nitrogen and oxygen atoms in total. The van der Waals surface area contributed by atoms with Crippen LogP contribution < -0.4 is 0 Å². The summed E-state index contributed by atoms with van der Waals surface area (Å²) in [6.45, 7) is 13.7. The van der Waals surface area contributed by atoms with Crippen molar-refractivity contribution in [1.29, 1.82) is 0 Å². The van der Waals surface area contributed by atoms with Crippen molar-refractivity contribution in [2.24, 2.45) is 45.3 Å². The molecule has 26 atom stereocenters. The molecule has 0 aromatic heterocycles. The molecule has 470 valence electrons. The fourth-order valence-electron chi connectivity index (χ4n) is 16.1. The number of rotatable bonds is 18. The van der Waals surface area contributed by atoms with Crippen LogP contribution in [-0.4, -0.2) is 223 Å². The Hall–Kier alpha value is -2.02. The number of ketones is 1. The first kappa shape index (κ1) is 64.5. The number of aliphatic hydroxyl groups excluding tert-OH is 7. The molecule has 0 aromatic rings. The number of esters is 1. The van der Waals surface area contributed by atoms with Gasteiger partial charge in [0.1, 0.15) is 79.4 Å². The van der Waals surface area contributed by atoms with Gasteiger partial charge < -0.3 is 83.1 Å². The molecule has 0 radical (unpaired) electrons. The number of hydrogen-bond donors (Lipinski definition) is 9.